The molecule has 1 aliphatic rings. The smallest absolute Gasteiger partial charge is 0.341 e. The second-order valence-electron chi connectivity index (χ2n) is 6.16. The molecular formula is C19H21N3O4S2. The van der Waals surface area contributed by atoms with Gasteiger partial charge in [0.2, 0.25) is 0 Å². The van der Waals surface area contributed by atoms with E-state index in [1.807, 2.05) is 17.5 Å². The molecule has 0 radical (unpaired) electrons. The fraction of sp³-hybridized carbons (Fsp3) is 0.368. The summed E-state index contributed by atoms with van der Waals surface area (Å²) < 4.78 is 5.18. The van der Waals surface area contributed by atoms with Crippen molar-refractivity contribution in [3.63, 3.8) is 0 Å². The van der Waals surface area contributed by atoms with Crippen molar-refractivity contribution in [2.24, 2.45) is 5.10 Å². The third kappa shape index (κ3) is 4.85. The lowest BCUT2D eigenvalue weighted by molar-refractivity contribution is -0.136. The molecular weight excluding hydrogens is 398 g/mol. The normalized spacial score (nSPS) is 13.6. The average molecular weight is 420 g/mol. The summed E-state index contributed by atoms with van der Waals surface area (Å²) >= 11 is 2.81. The van der Waals surface area contributed by atoms with Gasteiger partial charge in [0.05, 0.1) is 18.4 Å². The summed E-state index contributed by atoms with van der Waals surface area (Å²) in [6, 6.07) is 3.70. The van der Waals surface area contributed by atoms with Crippen LogP contribution < -0.4 is 10.7 Å². The number of nitrogens with one attached hydrogen (secondary N) is 2. The number of fused-ring (bicyclic) bond motifs is 1. The molecule has 2 N–H and O–H groups in total. The topological polar surface area (TPSA) is 96.9 Å². The lowest BCUT2D eigenvalue weighted by Gasteiger charge is -2.08. The fourth-order valence-electron chi connectivity index (χ4n) is 2.98. The van der Waals surface area contributed by atoms with Crippen molar-refractivity contribution in [1.29, 1.82) is 0 Å². The zero-order valence-electron chi connectivity index (χ0n) is 15.4. The number of hydrogen-bond donors (Lipinski definition) is 2. The Hall–Kier alpha value is -2.52. The monoisotopic (exact) mass is 419 g/mol. The van der Waals surface area contributed by atoms with Gasteiger partial charge in [-0.15, -0.1) is 22.7 Å². The molecule has 7 nitrogen and oxygen atoms in total. The summed E-state index contributed by atoms with van der Waals surface area (Å²) in [6.45, 7) is 1.98. The molecule has 0 atom stereocenters. The van der Waals surface area contributed by atoms with Gasteiger partial charge in [-0.2, -0.15) is 5.10 Å². The standard InChI is InChI=1S/C19H21N3O4S2/c1-2-26-19(25)15-13-8-4-3-5-9-14(13)28-18(15)21-16(23)17(24)22-20-11-12-7-6-10-27-12/h6-7,10-11H,2-5,8-9H2,1H3,(H,21,23)(H,22,24)/b20-11-. The van der Waals surface area contributed by atoms with Gasteiger partial charge in [-0.1, -0.05) is 12.5 Å². The predicted molar refractivity (Wildman–Crippen MR) is 110 cm³/mol. The molecule has 28 heavy (non-hydrogen) atoms. The van der Waals surface area contributed by atoms with Crippen LogP contribution in [0.15, 0.2) is 22.6 Å². The van der Waals surface area contributed by atoms with Gasteiger partial charge in [-0.25, -0.2) is 10.2 Å². The number of aryl methyl sites for hydroxylation is 1. The highest BCUT2D eigenvalue weighted by Crippen LogP contribution is 2.38. The van der Waals surface area contributed by atoms with Crippen LogP contribution in [0, 0.1) is 0 Å². The van der Waals surface area contributed by atoms with E-state index in [9.17, 15) is 14.4 Å². The maximum atomic E-state index is 12.5. The van der Waals surface area contributed by atoms with Crippen molar-refractivity contribution >= 4 is 51.7 Å². The van der Waals surface area contributed by atoms with Crippen LogP contribution in [-0.2, 0) is 27.2 Å². The summed E-state index contributed by atoms with van der Waals surface area (Å²) in [7, 11) is 0. The number of nitrogens with zero attached hydrogens (tertiary/aromatic N) is 1. The number of thiophene rings is 2. The van der Waals surface area contributed by atoms with E-state index in [2.05, 4.69) is 15.8 Å². The Labute approximate surface area is 170 Å². The molecule has 0 fully saturated rings. The van der Waals surface area contributed by atoms with Crippen molar-refractivity contribution in [3.05, 3.63) is 38.4 Å². The molecule has 2 aromatic rings. The molecule has 2 heterocycles. The zero-order chi connectivity index (χ0) is 19.9. The van der Waals surface area contributed by atoms with Crippen LogP contribution in [0.4, 0.5) is 5.00 Å². The number of amides is 2. The Kier molecular flexibility index (Phi) is 6.94. The summed E-state index contributed by atoms with van der Waals surface area (Å²) in [5.41, 5.74) is 3.52. The molecule has 0 aromatic carbocycles. The molecule has 3 rings (SSSR count). The Morgan fingerprint density at radius 1 is 1.21 bits per heavy atom. The first-order valence-corrected chi connectivity index (χ1v) is 10.8. The van der Waals surface area contributed by atoms with Crippen molar-refractivity contribution in [3.8, 4) is 0 Å². The highest BCUT2D eigenvalue weighted by Gasteiger charge is 2.27. The fourth-order valence-corrected chi connectivity index (χ4v) is 4.84. The Morgan fingerprint density at radius 2 is 2.04 bits per heavy atom. The molecule has 0 unspecified atom stereocenters. The van der Waals surface area contributed by atoms with Gasteiger partial charge in [-0.05, 0) is 49.6 Å². The Bertz CT molecular complexity index is 887. The number of esters is 1. The number of hydrogen-bond acceptors (Lipinski definition) is 7. The van der Waals surface area contributed by atoms with E-state index in [4.69, 9.17) is 4.74 Å². The van der Waals surface area contributed by atoms with Crippen molar-refractivity contribution in [2.45, 2.75) is 39.0 Å². The molecule has 0 spiro atoms. The molecule has 2 aromatic heterocycles. The average Bonchev–Trinajstić information content (AvgIpc) is 3.24. The number of hydrazone groups is 1. The maximum absolute atomic E-state index is 12.5. The quantitative estimate of drug-likeness (QED) is 0.255. The molecule has 1 aliphatic carbocycles. The van der Waals surface area contributed by atoms with Gasteiger partial charge in [0.1, 0.15) is 5.00 Å². The van der Waals surface area contributed by atoms with Crippen molar-refractivity contribution < 1.29 is 19.1 Å². The van der Waals surface area contributed by atoms with Crippen LogP contribution in [-0.4, -0.2) is 30.6 Å². The summed E-state index contributed by atoms with van der Waals surface area (Å²) in [5.74, 6) is -2.23. The van der Waals surface area contributed by atoms with Gasteiger partial charge in [-0.3, -0.25) is 9.59 Å². The first kappa shape index (κ1) is 20.2. The Morgan fingerprint density at radius 3 is 2.79 bits per heavy atom. The molecule has 0 saturated heterocycles. The number of carbonyl (C=O) groups excluding carboxylic acids is 3. The highest BCUT2D eigenvalue weighted by molar-refractivity contribution is 7.17. The maximum Gasteiger partial charge on any atom is 0.341 e. The minimum atomic E-state index is -0.897. The van der Waals surface area contributed by atoms with E-state index in [1.54, 1.807) is 6.92 Å². The van der Waals surface area contributed by atoms with E-state index in [-0.39, 0.29) is 6.61 Å². The van der Waals surface area contributed by atoms with E-state index in [1.165, 1.54) is 28.9 Å². The minimum absolute atomic E-state index is 0.245. The summed E-state index contributed by atoms with van der Waals surface area (Å²) in [5, 5.41) is 8.59. The third-order valence-corrected chi connectivity index (χ3v) is 6.25. The first-order chi connectivity index (χ1) is 13.6. The van der Waals surface area contributed by atoms with E-state index < -0.39 is 17.8 Å². The van der Waals surface area contributed by atoms with Crippen LogP contribution in [0.1, 0.15) is 51.9 Å². The summed E-state index contributed by atoms with van der Waals surface area (Å²) in [4.78, 5) is 38.7. The van der Waals surface area contributed by atoms with E-state index in [0.29, 0.717) is 10.6 Å². The van der Waals surface area contributed by atoms with Crippen LogP contribution >= 0.6 is 22.7 Å². The molecule has 0 bridgehead atoms. The molecule has 9 heteroatoms. The lowest BCUT2D eigenvalue weighted by atomic mass is 10.1. The van der Waals surface area contributed by atoms with Crippen LogP contribution in [0.3, 0.4) is 0 Å². The van der Waals surface area contributed by atoms with E-state index in [0.717, 1.165) is 47.4 Å². The van der Waals surface area contributed by atoms with Crippen molar-refractivity contribution in [1.82, 2.24) is 5.43 Å². The summed E-state index contributed by atoms with van der Waals surface area (Å²) in [6.07, 6.45) is 6.23. The molecule has 2 amide bonds. The predicted octanol–water partition coefficient (Wildman–Crippen LogP) is 3.34. The number of ether oxygens (including phenoxy) is 1. The molecule has 0 saturated carbocycles. The molecule has 0 aliphatic heterocycles. The SMILES string of the molecule is CCOC(=O)c1c(NC(=O)C(=O)N/N=C\c2cccs2)sc2c1CCCCC2. The number of rotatable bonds is 5. The van der Waals surface area contributed by atoms with Crippen molar-refractivity contribution in [2.75, 3.05) is 11.9 Å². The highest BCUT2D eigenvalue weighted by atomic mass is 32.1. The van der Waals surface area contributed by atoms with Gasteiger partial charge in [0.25, 0.3) is 0 Å². The second kappa shape index (κ2) is 9.61. The number of carbonyl (C=O) groups is 3. The minimum Gasteiger partial charge on any atom is -0.462 e. The van der Waals surface area contributed by atoms with Crippen LogP contribution in [0.25, 0.3) is 0 Å². The largest absolute Gasteiger partial charge is 0.462 e. The van der Waals surface area contributed by atoms with Crippen LogP contribution in [0.2, 0.25) is 0 Å². The van der Waals surface area contributed by atoms with Gasteiger partial charge in [0, 0.05) is 9.75 Å². The number of anilines is 1. The van der Waals surface area contributed by atoms with Gasteiger partial charge >= 0.3 is 17.8 Å². The first-order valence-electron chi connectivity index (χ1n) is 9.09. The second-order valence-corrected chi connectivity index (χ2v) is 8.24. The van der Waals surface area contributed by atoms with E-state index >= 15 is 0 Å². The third-order valence-electron chi connectivity index (χ3n) is 4.24. The zero-order valence-corrected chi connectivity index (χ0v) is 17.1. The van der Waals surface area contributed by atoms with Crippen LogP contribution in [0.5, 0.6) is 0 Å². The molecule has 148 valence electrons. The van der Waals surface area contributed by atoms with Gasteiger partial charge in [0.15, 0.2) is 0 Å². The lowest BCUT2D eigenvalue weighted by Crippen LogP contribution is -2.32. The van der Waals surface area contributed by atoms with Gasteiger partial charge < -0.3 is 10.1 Å². The Balaban J connectivity index is 1.74.